The number of nitrogens with zero attached hydrogens (tertiary/aromatic N) is 4. The zero-order valence-electron chi connectivity index (χ0n) is 24.9. The highest BCUT2D eigenvalue weighted by Crippen LogP contribution is 2.38. The lowest BCUT2D eigenvalue weighted by Gasteiger charge is -2.36. The Morgan fingerprint density at radius 2 is 1.70 bits per heavy atom. The van der Waals surface area contributed by atoms with Crippen LogP contribution in [0.15, 0.2) is 41.3 Å². The van der Waals surface area contributed by atoms with Crippen molar-refractivity contribution in [3.63, 3.8) is 0 Å². The summed E-state index contributed by atoms with van der Waals surface area (Å²) in [6.07, 6.45) is 0. The Hall–Kier alpha value is -3.92. The van der Waals surface area contributed by atoms with Gasteiger partial charge in [-0.1, -0.05) is 13.8 Å². The highest BCUT2D eigenvalue weighted by Gasteiger charge is 2.41. The minimum atomic E-state index is -4.31. The van der Waals surface area contributed by atoms with Crippen LogP contribution >= 0.6 is 0 Å². The number of fused-ring (bicyclic) bond motifs is 1. The fourth-order valence-electron chi connectivity index (χ4n) is 5.45. The summed E-state index contributed by atoms with van der Waals surface area (Å²) in [5.41, 5.74) is 7.28. The number of hydrogen-bond donors (Lipinski definition) is 4. The maximum atomic E-state index is 13.9. The predicted molar refractivity (Wildman–Crippen MR) is 162 cm³/mol. The molecule has 5 N–H and O–H groups in total. The molecule has 2 amide bonds. The van der Waals surface area contributed by atoms with E-state index in [0.717, 1.165) is 48.3 Å². The minimum Gasteiger partial charge on any atom is -0.369 e. The number of aromatic amines is 1. The van der Waals surface area contributed by atoms with Gasteiger partial charge in [-0.2, -0.15) is 9.40 Å². The normalized spacial score (nSPS) is 18.0. The van der Waals surface area contributed by atoms with E-state index < -0.39 is 49.8 Å². The molecule has 0 radical (unpaired) electrons. The highest BCUT2D eigenvalue weighted by atomic mass is 32.2. The van der Waals surface area contributed by atoms with Gasteiger partial charge in [-0.05, 0) is 44.3 Å². The molecule has 0 spiro atoms. The molecule has 12 nitrogen and oxygen atoms in total. The first-order chi connectivity index (χ1) is 20.7. The second-order valence-electron chi connectivity index (χ2n) is 11.9. The van der Waals surface area contributed by atoms with E-state index in [2.05, 4.69) is 30.6 Å². The number of likely N-dealkylation sites (N-methyl/N-ethyl adjacent to an activating group) is 1. The summed E-state index contributed by atoms with van der Waals surface area (Å²) >= 11 is 0. The first kappa shape index (κ1) is 31.5. The van der Waals surface area contributed by atoms with Crippen molar-refractivity contribution in [2.75, 3.05) is 55.3 Å². The molecule has 2 aliphatic rings. The summed E-state index contributed by atoms with van der Waals surface area (Å²) in [5.74, 6) is -2.99. The second-order valence-corrected chi connectivity index (χ2v) is 13.9. The van der Waals surface area contributed by atoms with Crippen molar-refractivity contribution >= 4 is 39.0 Å². The van der Waals surface area contributed by atoms with E-state index in [1.807, 2.05) is 7.05 Å². The molecule has 1 atom stereocenters. The maximum absolute atomic E-state index is 13.9. The van der Waals surface area contributed by atoms with Crippen LogP contribution in [0.25, 0.3) is 0 Å². The summed E-state index contributed by atoms with van der Waals surface area (Å²) < 4.78 is 55.9. The summed E-state index contributed by atoms with van der Waals surface area (Å²) in [6, 6.07) is 6.46. The molecule has 0 bridgehead atoms. The number of nitrogens with two attached hydrogens (primary N) is 1. The van der Waals surface area contributed by atoms with E-state index in [9.17, 15) is 26.8 Å². The van der Waals surface area contributed by atoms with Gasteiger partial charge in [0.1, 0.15) is 11.6 Å². The van der Waals surface area contributed by atoms with Crippen LogP contribution in [0.5, 0.6) is 0 Å². The smallest absolute Gasteiger partial charge is 0.258 e. The minimum absolute atomic E-state index is 0.00273. The van der Waals surface area contributed by atoms with Crippen LogP contribution in [0.4, 0.5) is 26.0 Å². The van der Waals surface area contributed by atoms with E-state index in [1.54, 1.807) is 32.0 Å². The van der Waals surface area contributed by atoms with Crippen molar-refractivity contribution in [3.05, 3.63) is 64.9 Å². The molecule has 5 rings (SSSR count). The molecule has 236 valence electrons. The SMILES string of the molecule is CC(N)C(=O)Nc1cc(N2CCN(C)CC2)ccc1C(=O)Nc1n[nH]c2c1CN(S(=O)(=O)c1cc(F)cc(F)c1)CC2(C)C. The molecule has 1 unspecified atom stereocenters. The van der Waals surface area contributed by atoms with Crippen molar-refractivity contribution in [2.45, 2.75) is 43.7 Å². The molecule has 0 saturated carbocycles. The first-order valence-corrected chi connectivity index (χ1v) is 15.6. The van der Waals surface area contributed by atoms with Crippen LogP contribution in [0.3, 0.4) is 0 Å². The maximum Gasteiger partial charge on any atom is 0.258 e. The molecular weight excluding hydrogens is 594 g/mol. The summed E-state index contributed by atoms with van der Waals surface area (Å²) in [4.78, 5) is 30.1. The zero-order chi connectivity index (χ0) is 32.0. The van der Waals surface area contributed by atoms with Gasteiger partial charge < -0.3 is 26.2 Å². The molecule has 3 aromatic rings. The monoisotopic (exact) mass is 630 g/mol. The van der Waals surface area contributed by atoms with Crippen LogP contribution in [-0.2, 0) is 26.8 Å². The number of carbonyl (C=O) groups is 2. The van der Waals surface area contributed by atoms with Gasteiger partial charge >= 0.3 is 0 Å². The van der Waals surface area contributed by atoms with Crippen LogP contribution in [0, 0.1) is 11.6 Å². The number of anilines is 3. The third kappa shape index (κ3) is 6.31. The second kappa shape index (κ2) is 11.9. The van der Waals surface area contributed by atoms with Crippen molar-refractivity contribution in [3.8, 4) is 0 Å². The summed E-state index contributed by atoms with van der Waals surface area (Å²) in [6.45, 7) is 8.20. The summed E-state index contributed by atoms with van der Waals surface area (Å²) in [7, 11) is -2.27. The number of rotatable bonds is 7. The Kier molecular flexibility index (Phi) is 8.50. The van der Waals surface area contributed by atoms with Gasteiger partial charge in [0.25, 0.3) is 5.91 Å². The molecule has 1 fully saturated rings. The lowest BCUT2D eigenvalue weighted by Crippen LogP contribution is -2.45. The number of nitrogens with one attached hydrogen (secondary N) is 3. The fraction of sp³-hybridized carbons (Fsp3) is 0.414. The van der Waals surface area contributed by atoms with E-state index in [1.165, 1.54) is 6.92 Å². The molecule has 44 heavy (non-hydrogen) atoms. The van der Waals surface area contributed by atoms with E-state index >= 15 is 0 Å². The number of halogens is 2. The van der Waals surface area contributed by atoms with Crippen LogP contribution < -0.4 is 21.3 Å². The molecule has 0 aliphatic carbocycles. The number of hydrogen-bond acceptors (Lipinski definition) is 8. The zero-order valence-corrected chi connectivity index (χ0v) is 25.8. The topological polar surface area (TPSA) is 157 Å². The van der Waals surface area contributed by atoms with Crippen molar-refractivity contribution < 1.29 is 26.8 Å². The molecule has 1 saturated heterocycles. The number of piperazine rings is 1. The standard InChI is InChI=1S/C29H36F2N8O4S/c1-17(32)27(40)33-24-14-20(38-9-7-37(4)8-10-38)5-6-22(24)28(41)34-26-23-15-39(16-29(2,3)25(23)35-36-26)44(42,43)21-12-18(30)11-19(31)13-21/h5-6,11-14,17H,7-10,15-16,32H2,1-4H3,(H,33,40)(H2,34,35,36,41). The van der Waals surface area contributed by atoms with E-state index in [0.29, 0.717) is 17.3 Å². The van der Waals surface area contributed by atoms with Crippen LogP contribution in [0.2, 0.25) is 0 Å². The van der Waals surface area contributed by atoms with E-state index in [4.69, 9.17) is 5.73 Å². The van der Waals surface area contributed by atoms with Gasteiger partial charge in [0.05, 0.1) is 22.2 Å². The lowest BCUT2D eigenvalue weighted by atomic mass is 9.84. The number of amides is 2. The molecular formula is C29H36F2N8O4S. The van der Waals surface area contributed by atoms with Gasteiger partial charge in [-0.15, -0.1) is 0 Å². The molecule has 15 heteroatoms. The van der Waals surface area contributed by atoms with Crippen LogP contribution in [-0.4, -0.2) is 85.4 Å². The Balaban J connectivity index is 1.45. The first-order valence-electron chi connectivity index (χ1n) is 14.1. The lowest BCUT2D eigenvalue weighted by molar-refractivity contribution is -0.117. The number of benzene rings is 2. The van der Waals surface area contributed by atoms with Crippen LogP contribution in [0.1, 0.15) is 42.4 Å². The average molecular weight is 631 g/mol. The largest absolute Gasteiger partial charge is 0.369 e. The number of carbonyl (C=O) groups excluding carboxylic acids is 2. The van der Waals surface area contributed by atoms with Crippen molar-refractivity contribution in [1.82, 2.24) is 19.4 Å². The highest BCUT2D eigenvalue weighted by molar-refractivity contribution is 7.89. The van der Waals surface area contributed by atoms with Gasteiger partial charge in [0, 0.05) is 67.7 Å². The fourth-order valence-corrected chi connectivity index (χ4v) is 7.06. The Morgan fingerprint density at radius 1 is 1.05 bits per heavy atom. The number of H-pyrrole nitrogens is 1. The van der Waals surface area contributed by atoms with E-state index in [-0.39, 0.29) is 30.2 Å². The average Bonchev–Trinajstić information content (AvgIpc) is 3.36. The third-order valence-electron chi connectivity index (χ3n) is 7.94. The quantitative estimate of drug-likeness (QED) is 0.310. The van der Waals surface area contributed by atoms with Gasteiger partial charge in [0.2, 0.25) is 15.9 Å². The Bertz CT molecular complexity index is 1680. The molecule has 2 aliphatic heterocycles. The third-order valence-corrected chi connectivity index (χ3v) is 9.71. The van der Waals surface area contributed by atoms with Gasteiger partial charge in [-0.3, -0.25) is 14.7 Å². The Morgan fingerprint density at radius 3 is 2.34 bits per heavy atom. The molecule has 1 aromatic heterocycles. The number of sulfonamides is 1. The van der Waals surface area contributed by atoms with Crippen molar-refractivity contribution in [2.24, 2.45) is 5.73 Å². The predicted octanol–water partition coefficient (Wildman–Crippen LogP) is 2.46. The van der Waals surface area contributed by atoms with Gasteiger partial charge in [0.15, 0.2) is 5.82 Å². The molecule has 2 aromatic carbocycles. The van der Waals surface area contributed by atoms with Crippen molar-refractivity contribution in [1.29, 1.82) is 0 Å². The summed E-state index contributed by atoms with van der Waals surface area (Å²) in [5, 5.41) is 12.7. The number of aromatic nitrogens is 2. The molecule has 3 heterocycles. The Labute approximate surface area is 254 Å². The van der Waals surface area contributed by atoms with Gasteiger partial charge in [-0.25, -0.2) is 17.2 Å².